The molecule has 0 aliphatic carbocycles. The predicted molar refractivity (Wildman–Crippen MR) is 109 cm³/mol. The third-order valence-electron chi connectivity index (χ3n) is 4.49. The van der Waals surface area contributed by atoms with Crippen LogP contribution in [0.3, 0.4) is 0 Å². The number of aliphatic hydroxyl groups is 1. The Morgan fingerprint density at radius 2 is 1.89 bits per heavy atom. The van der Waals surface area contributed by atoms with E-state index in [-0.39, 0.29) is 18.1 Å². The summed E-state index contributed by atoms with van der Waals surface area (Å²) < 4.78 is 1.60. The molecule has 7 nitrogen and oxygen atoms in total. The summed E-state index contributed by atoms with van der Waals surface area (Å²) in [5.41, 5.74) is 0.236. The summed E-state index contributed by atoms with van der Waals surface area (Å²) in [6, 6.07) is 16.5. The summed E-state index contributed by atoms with van der Waals surface area (Å²) in [6.45, 7) is 1.75. The van der Waals surface area contributed by atoms with Crippen molar-refractivity contribution in [1.82, 2.24) is 19.7 Å². The highest BCUT2D eigenvalue weighted by molar-refractivity contribution is 6.31. The number of hydrogen-bond acceptors (Lipinski definition) is 5. The highest BCUT2D eigenvalue weighted by Crippen LogP contribution is 2.28. The lowest BCUT2D eigenvalue weighted by molar-refractivity contribution is 0.0714. The van der Waals surface area contributed by atoms with E-state index in [4.69, 9.17) is 11.6 Å². The van der Waals surface area contributed by atoms with Gasteiger partial charge in [0.25, 0.3) is 5.56 Å². The van der Waals surface area contributed by atoms with Gasteiger partial charge in [-0.2, -0.15) is 10.1 Å². The van der Waals surface area contributed by atoms with Crippen molar-refractivity contribution in [1.29, 1.82) is 0 Å². The van der Waals surface area contributed by atoms with Crippen LogP contribution in [-0.4, -0.2) is 31.4 Å². The van der Waals surface area contributed by atoms with Crippen LogP contribution < -0.4 is 10.9 Å². The zero-order valence-electron chi connectivity index (χ0n) is 15.1. The number of benzene rings is 2. The number of hydrogen-bond donors (Lipinski definition) is 3. The fourth-order valence-electron chi connectivity index (χ4n) is 3.01. The average Bonchev–Trinajstić information content (AvgIpc) is 3.12. The van der Waals surface area contributed by atoms with Gasteiger partial charge in [-0.15, -0.1) is 0 Å². The lowest BCUT2D eigenvalue weighted by Crippen LogP contribution is -2.32. The van der Waals surface area contributed by atoms with Crippen LogP contribution in [0, 0.1) is 0 Å². The Bertz CT molecular complexity index is 1180. The molecule has 0 amide bonds. The van der Waals surface area contributed by atoms with Crippen molar-refractivity contribution in [3.63, 3.8) is 0 Å². The maximum Gasteiger partial charge on any atom is 0.263 e. The number of nitrogens with zero attached hydrogens (tertiary/aromatic N) is 3. The molecule has 2 aromatic carbocycles. The van der Waals surface area contributed by atoms with Crippen LogP contribution >= 0.6 is 11.6 Å². The molecule has 0 aliphatic heterocycles. The number of para-hydroxylation sites is 1. The fourth-order valence-corrected chi connectivity index (χ4v) is 3.35. The van der Waals surface area contributed by atoms with E-state index in [1.54, 1.807) is 35.9 Å². The molecule has 0 fully saturated rings. The molecule has 0 spiro atoms. The van der Waals surface area contributed by atoms with Gasteiger partial charge < -0.3 is 10.4 Å². The summed E-state index contributed by atoms with van der Waals surface area (Å²) >= 11 is 6.19. The molecule has 1 unspecified atom stereocenters. The number of rotatable bonds is 5. The Morgan fingerprint density at radius 3 is 2.64 bits per heavy atom. The number of aromatic nitrogens is 4. The van der Waals surface area contributed by atoms with E-state index in [9.17, 15) is 9.90 Å². The number of nitrogens with one attached hydrogen (secondary N) is 2. The van der Waals surface area contributed by atoms with Gasteiger partial charge in [0, 0.05) is 10.6 Å². The second kappa shape index (κ2) is 7.10. The van der Waals surface area contributed by atoms with Gasteiger partial charge in [-0.25, -0.2) is 4.68 Å². The van der Waals surface area contributed by atoms with Crippen LogP contribution in [0.25, 0.3) is 16.7 Å². The van der Waals surface area contributed by atoms with Crippen LogP contribution in [0.15, 0.2) is 65.6 Å². The van der Waals surface area contributed by atoms with Crippen molar-refractivity contribution in [2.75, 3.05) is 11.9 Å². The normalized spacial score (nSPS) is 13.4. The minimum atomic E-state index is -1.26. The molecular weight excluding hydrogens is 378 g/mol. The van der Waals surface area contributed by atoms with Crippen LogP contribution in [0.4, 0.5) is 5.95 Å². The number of anilines is 1. The molecule has 28 heavy (non-hydrogen) atoms. The van der Waals surface area contributed by atoms with E-state index in [1.165, 1.54) is 6.20 Å². The van der Waals surface area contributed by atoms with E-state index < -0.39 is 5.60 Å². The van der Waals surface area contributed by atoms with Crippen molar-refractivity contribution < 1.29 is 5.11 Å². The van der Waals surface area contributed by atoms with Gasteiger partial charge in [0.1, 0.15) is 11.0 Å². The van der Waals surface area contributed by atoms with E-state index in [2.05, 4.69) is 20.4 Å². The number of halogens is 1. The SMILES string of the molecule is CC(O)(CNc1nc2c(cnn2-c2ccccc2)c(=O)[nH]1)c1ccccc1Cl. The van der Waals surface area contributed by atoms with E-state index in [1.807, 2.05) is 30.3 Å². The Morgan fingerprint density at radius 1 is 1.18 bits per heavy atom. The van der Waals surface area contributed by atoms with Crippen molar-refractivity contribution in [3.8, 4) is 5.69 Å². The van der Waals surface area contributed by atoms with Crippen LogP contribution in [0.1, 0.15) is 12.5 Å². The third kappa shape index (κ3) is 3.37. The van der Waals surface area contributed by atoms with Gasteiger partial charge in [0.05, 0.1) is 18.4 Å². The largest absolute Gasteiger partial charge is 0.384 e. The van der Waals surface area contributed by atoms with E-state index >= 15 is 0 Å². The minimum absolute atomic E-state index is 0.102. The van der Waals surface area contributed by atoms with Crippen molar-refractivity contribution in [2.24, 2.45) is 0 Å². The van der Waals surface area contributed by atoms with Crippen molar-refractivity contribution in [3.05, 3.63) is 81.7 Å². The molecule has 0 saturated heterocycles. The first-order valence-electron chi connectivity index (χ1n) is 8.70. The Labute approximate surface area is 165 Å². The van der Waals surface area contributed by atoms with Gasteiger partial charge in [-0.05, 0) is 25.1 Å². The van der Waals surface area contributed by atoms with Gasteiger partial charge in [0.2, 0.25) is 5.95 Å². The summed E-state index contributed by atoms with van der Waals surface area (Å²) in [6.07, 6.45) is 1.48. The predicted octanol–water partition coefficient (Wildman–Crippen LogP) is 3.08. The fraction of sp³-hybridized carbons (Fsp3) is 0.150. The Hall–Kier alpha value is -3.16. The summed E-state index contributed by atoms with van der Waals surface area (Å²) in [5.74, 6) is 0.238. The Kier molecular flexibility index (Phi) is 4.62. The lowest BCUT2D eigenvalue weighted by atomic mass is 9.96. The summed E-state index contributed by atoms with van der Waals surface area (Å²) in [7, 11) is 0. The second-order valence-corrected chi connectivity index (χ2v) is 7.06. The van der Waals surface area contributed by atoms with Gasteiger partial charge in [-0.3, -0.25) is 9.78 Å². The first-order valence-corrected chi connectivity index (χ1v) is 9.08. The minimum Gasteiger partial charge on any atom is -0.384 e. The van der Waals surface area contributed by atoms with Crippen LogP contribution in [0.5, 0.6) is 0 Å². The molecule has 8 heteroatoms. The highest BCUT2D eigenvalue weighted by atomic mass is 35.5. The topological polar surface area (TPSA) is 95.8 Å². The van der Waals surface area contributed by atoms with Gasteiger partial charge in [0.15, 0.2) is 5.65 Å². The first kappa shape index (κ1) is 18.2. The standard InChI is InChI=1S/C20H18ClN5O2/c1-20(28,15-9-5-6-10-16(15)21)12-22-19-24-17-14(18(27)25-19)11-23-26(17)13-7-3-2-4-8-13/h2-11,28H,12H2,1H3,(H2,22,24,25,27). The van der Waals surface area contributed by atoms with Gasteiger partial charge >= 0.3 is 0 Å². The molecule has 2 heterocycles. The second-order valence-electron chi connectivity index (χ2n) is 6.65. The molecule has 0 bridgehead atoms. The monoisotopic (exact) mass is 395 g/mol. The number of H-pyrrole nitrogens is 1. The molecule has 0 radical (unpaired) electrons. The van der Waals surface area contributed by atoms with E-state index in [0.717, 1.165) is 5.69 Å². The molecule has 2 aromatic heterocycles. The molecule has 4 rings (SSSR count). The number of fused-ring (bicyclic) bond motifs is 1. The molecule has 3 N–H and O–H groups in total. The summed E-state index contributed by atoms with van der Waals surface area (Å²) in [5, 5.41) is 18.9. The van der Waals surface area contributed by atoms with Crippen molar-refractivity contribution >= 4 is 28.6 Å². The van der Waals surface area contributed by atoms with E-state index in [0.29, 0.717) is 21.6 Å². The zero-order valence-corrected chi connectivity index (χ0v) is 15.8. The first-order chi connectivity index (χ1) is 13.5. The highest BCUT2D eigenvalue weighted by Gasteiger charge is 2.25. The molecule has 4 aromatic rings. The number of aromatic amines is 1. The molecule has 0 saturated carbocycles. The van der Waals surface area contributed by atoms with Crippen LogP contribution in [0.2, 0.25) is 5.02 Å². The zero-order chi connectivity index (χ0) is 19.7. The molecular formula is C20H18ClN5O2. The smallest absolute Gasteiger partial charge is 0.263 e. The summed E-state index contributed by atoms with van der Waals surface area (Å²) in [4.78, 5) is 19.6. The molecule has 0 aliphatic rings. The molecule has 1 atom stereocenters. The average molecular weight is 396 g/mol. The van der Waals surface area contributed by atoms with Gasteiger partial charge in [-0.1, -0.05) is 48.0 Å². The maximum atomic E-state index is 12.4. The van der Waals surface area contributed by atoms with Crippen LogP contribution in [-0.2, 0) is 5.60 Å². The maximum absolute atomic E-state index is 12.4. The molecule has 142 valence electrons. The quantitative estimate of drug-likeness (QED) is 0.482. The lowest BCUT2D eigenvalue weighted by Gasteiger charge is -2.25. The third-order valence-corrected chi connectivity index (χ3v) is 4.82. The Balaban J connectivity index is 1.66. The van der Waals surface area contributed by atoms with Crippen molar-refractivity contribution in [2.45, 2.75) is 12.5 Å².